The molecule has 1 heterocycles. The highest BCUT2D eigenvalue weighted by molar-refractivity contribution is 7.18. The molecule has 0 aliphatic carbocycles. The van der Waals surface area contributed by atoms with Gasteiger partial charge in [0.2, 0.25) is 0 Å². The molecule has 0 amide bonds. The van der Waals surface area contributed by atoms with Gasteiger partial charge in [-0.1, -0.05) is 17.7 Å². The number of benzene rings is 1. The number of phenolic OH excluding ortho intramolecular Hbond substituents is 1. The number of nitrogens with zero attached hydrogens (tertiary/aromatic N) is 1. The Balaban J connectivity index is 2.78. The first-order valence-electron chi connectivity index (χ1n) is 3.98. The first-order chi connectivity index (χ1) is 6.74. The van der Waals surface area contributed by atoms with Gasteiger partial charge in [0.1, 0.15) is 5.75 Å². The Morgan fingerprint density at radius 1 is 1.50 bits per heavy atom. The molecule has 0 saturated heterocycles. The average molecular weight is 224 g/mol. The third kappa shape index (κ3) is 1.33. The predicted molar refractivity (Wildman–Crippen MR) is 57.8 cm³/mol. The molecule has 70 valence electrons. The number of hydrogen-bond donors (Lipinski definition) is 1. The van der Waals surface area contributed by atoms with E-state index >= 15 is 0 Å². The van der Waals surface area contributed by atoms with Crippen molar-refractivity contribution in [2.24, 2.45) is 0 Å². The third-order valence-electron chi connectivity index (χ3n) is 2.01. The standard InChI is InChI=1S/C10H6ClNOS/c11-7-5-14-10-6(3-4-12)1-2-8(13)9(7)10/h1-2,5,13H,3H2. The Morgan fingerprint density at radius 3 is 3.00 bits per heavy atom. The van der Waals surface area contributed by atoms with E-state index < -0.39 is 0 Å². The normalized spacial score (nSPS) is 10.3. The maximum absolute atomic E-state index is 9.57. The van der Waals surface area contributed by atoms with Crippen LogP contribution in [0.1, 0.15) is 5.56 Å². The molecule has 1 N–H and O–H groups in total. The lowest BCUT2D eigenvalue weighted by atomic mass is 10.1. The van der Waals surface area contributed by atoms with E-state index in [0.29, 0.717) is 16.8 Å². The van der Waals surface area contributed by atoms with Crippen LogP contribution in [-0.2, 0) is 6.42 Å². The molecule has 1 aromatic carbocycles. The van der Waals surface area contributed by atoms with Crippen LogP contribution >= 0.6 is 22.9 Å². The van der Waals surface area contributed by atoms with Crippen molar-refractivity contribution in [1.29, 1.82) is 5.26 Å². The lowest BCUT2D eigenvalue weighted by molar-refractivity contribution is 0.481. The Labute approximate surface area is 90.0 Å². The number of halogens is 1. The molecule has 4 heteroatoms. The van der Waals surface area contributed by atoms with Crippen LogP contribution in [0.5, 0.6) is 5.75 Å². The van der Waals surface area contributed by atoms with Crippen LogP contribution in [0, 0.1) is 11.3 Å². The van der Waals surface area contributed by atoms with Gasteiger partial charge in [-0.3, -0.25) is 0 Å². The quantitative estimate of drug-likeness (QED) is 0.806. The summed E-state index contributed by atoms with van der Waals surface area (Å²) >= 11 is 7.37. The molecule has 0 atom stereocenters. The third-order valence-corrected chi connectivity index (χ3v) is 3.49. The van der Waals surface area contributed by atoms with Crippen molar-refractivity contribution in [2.75, 3.05) is 0 Å². The largest absolute Gasteiger partial charge is 0.507 e. The molecule has 0 spiro atoms. The Hall–Kier alpha value is -1.24. The van der Waals surface area contributed by atoms with Crippen molar-refractivity contribution in [1.82, 2.24) is 0 Å². The van der Waals surface area contributed by atoms with Gasteiger partial charge in [-0.25, -0.2) is 0 Å². The molecule has 0 unspecified atom stereocenters. The fourth-order valence-electron chi connectivity index (χ4n) is 1.37. The van der Waals surface area contributed by atoms with Crippen LogP contribution in [0.2, 0.25) is 5.02 Å². The molecular formula is C10H6ClNOS. The van der Waals surface area contributed by atoms with Gasteiger partial charge in [0.25, 0.3) is 0 Å². The molecule has 2 aromatic rings. The zero-order valence-corrected chi connectivity index (χ0v) is 8.69. The van der Waals surface area contributed by atoms with Gasteiger partial charge >= 0.3 is 0 Å². The first-order valence-corrected chi connectivity index (χ1v) is 5.24. The van der Waals surface area contributed by atoms with E-state index in [1.807, 2.05) is 0 Å². The van der Waals surface area contributed by atoms with Crippen LogP contribution in [-0.4, -0.2) is 5.11 Å². The van der Waals surface area contributed by atoms with E-state index in [9.17, 15) is 5.11 Å². The highest BCUT2D eigenvalue weighted by Crippen LogP contribution is 2.38. The predicted octanol–water partition coefficient (Wildman–Crippen LogP) is 3.33. The minimum Gasteiger partial charge on any atom is -0.507 e. The van der Waals surface area contributed by atoms with Crippen LogP contribution < -0.4 is 0 Å². The summed E-state index contributed by atoms with van der Waals surface area (Å²) < 4.78 is 0.900. The number of nitriles is 1. The van der Waals surface area contributed by atoms with Crippen molar-refractivity contribution < 1.29 is 5.11 Å². The van der Waals surface area contributed by atoms with Gasteiger partial charge in [0.15, 0.2) is 0 Å². The number of rotatable bonds is 1. The summed E-state index contributed by atoms with van der Waals surface area (Å²) in [6.45, 7) is 0. The van der Waals surface area contributed by atoms with Crippen molar-refractivity contribution in [2.45, 2.75) is 6.42 Å². The maximum Gasteiger partial charge on any atom is 0.125 e. The van der Waals surface area contributed by atoms with Gasteiger partial charge in [-0.2, -0.15) is 5.26 Å². The van der Waals surface area contributed by atoms with Gasteiger partial charge in [-0.05, 0) is 11.6 Å². The molecular weight excluding hydrogens is 218 g/mol. The van der Waals surface area contributed by atoms with Crippen molar-refractivity contribution >= 4 is 33.0 Å². The summed E-state index contributed by atoms with van der Waals surface area (Å²) in [6, 6.07) is 5.42. The number of hydrogen-bond acceptors (Lipinski definition) is 3. The van der Waals surface area contributed by atoms with Crippen LogP contribution in [0.3, 0.4) is 0 Å². The maximum atomic E-state index is 9.57. The lowest BCUT2D eigenvalue weighted by Crippen LogP contribution is -1.81. The fraction of sp³-hybridized carbons (Fsp3) is 0.100. The second-order valence-corrected chi connectivity index (χ2v) is 4.15. The molecule has 0 fully saturated rings. The summed E-state index contributed by atoms with van der Waals surface area (Å²) in [5.74, 6) is 0.174. The average Bonchev–Trinajstić information content (AvgIpc) is 2.54. The summed E-state index contributed by atoms with van der Waals surface area (Å²) in [5.41, 5.74) is 0.914. The minimum absolute atomic E-state index is 0.174. The second-order valence-electron chi connectivity index (χ2n) is 2.87. The molecule has 2 nitrogen and oxygen atoms in total. The zero-order valence-electron chi connectivity index (χ0n) is 7.12. The second kappa shape index (κ2) is 3.49. The SMILES string of the molecule is N#CCc1ccc(O)c2c(Cl)csc12. The van der Waals surface area contributed by atoms with Crippen LogP contribution in [0.15, 0.2) is 17.5 Å². The van der Waals surface area contributed by atoms with E-state index in [2.05, 4.69) is 6.07 Å². The van der Waals surface area contributed by atoms with E-state index in [1.165, 1.54) is 11.3 Å². The number of phenols is 1. The molecule has 14 heavy (non-hydrogen) atoms. The number of aromatic hydroxyl groups is 1. The minimum atomic E-state index is 0.174. The molecule has 0 bridgehead atoms. The monoisotopic (exact) mass is 223 g/mol. The van der Waals surface area contributed by atoms with E-state index in [0.717, 1.165) is 10.3 Å². The first kappa shape index (κ1) is 9.32. The highest BCUT2D eigenvalue weighted by atomic mass is 35.5. The summed E-state index contributed by atoms with van der Waals surface area (Å²) in [4.78, 5) is 0. The molecule has 0 aliphatic heterocycles. The van der Waals surface area contributed by atoms with Gasteiger partial charge in [0, 0.05) is 10.1 Å². The molecule has 0 aliphatic rings. The smallest absolute Gasteiger partial charge is 0.125 e. The summed E-state index contributed by atoms with van der Waals surface area (Å²) in [6.07, 6.45) is 0.341. The summed E-state index contributed by atoms with van der Waals surface area (Å²) in [7, 11) is 0. The van der Waals surface area contributed by atoms with Gasteiger partial charge < -0.3 is 5.11 Å². The molecule has 2 rings (SSSR count). The van der Waals surface area contributed by atoms with Gasteiger partial charge in [-0.15, -0.1) is 11.3 Å². The number of fused-ring (bicyclic) bond motifs is 1. The van der Waals surface area contributed by atoms with Crippen molar-refractivity contribution in [3.8, 4) is 11.8 Å². The molecule has 1 aromatic heterocycles. The lowest BCUT2D eigenvalue weighted by Gasteiger charge is -2.00. The van der Waals surface area contributed by atoms with Crippen molar-refractivity contribution in [3.05, 3.63) is 28.1 Å². The number of thiophene rings is 1. The topological polar surface area (TPSA) is 44.0 Å². The van der Waals surface area contributed by atoms with E-state index in [4.69, 9.17) is 16.9 Å². The Bertz CT molecular complexity index is 527. The van der Waals surface area contributed by atoms with E-state index in [1.54, 1.807) is 17.5 Å². The fourth-order valence-corrected chi connectivity index (χ4v) is 2.72. The Morgan fingerprint density at radius 2 is 2.29 bits per heavy atom. The van der Waals surface area contributed by atoms with Crippen LogP contribution in [0.4, 0.5) is 0 Å². The van der Waals surface area contributed by atoms with E-state index in [-0.39, 0.29) is 5.75 Å². The van der Waals surface area contributed by atoms with Crippen LogP contribution in [0.25, 0.3) is 10.1 Å². The van der Waals surface area contributed by atoms with Gasteiger partial charge in [0.05, 0.1) is 22.9 Å². The highest BCUT2D eigenvalue weighted by Gasteiger charge is 2.10. The summed E-state index contributed by atoms with van der Waals surface area (Å²) in [5, 5.41) is 21.2. The molecule has 0 saturated carbocycles. The Kier molecular flexibility index (Phi) is 2.32. The van der Waals surface area contributed by atoms with Crippen molar-refractivity contribution in [3.63, 3.8) is 0 Å². The zero-order chi connectivity index (χ0) is 10.1. The molecule has 0 radical (unpaired) electrons.